The van der Waals surface area contributed by atoms with Crippen LogP contribution in [0.15, 0.2) is 48.5 Å². The Morgan fingerprint density at radius 3 is 2.14 bits per heavy atom. The number of rotatable bonds is 10. The number of benzene rings is 2. The first-order valence-corrected chi connectivity index (χ1v) is 9.60. The van der Waals surface area contributed by atoms with Crippen LogP contribution < -0.4 is 9.47 Å². The molecule has 0 spiro atoms. The van der Waals surface area contributed by atoms with Gasteiger partial charge in [-0.3, -0.25) is 4.90 Å². The van der Waals surface area contributed by atoms with Gasteiger partial charge in [0.1, 0.15) is 0 Å². The molecule has 0 unspecified atom stereocenters. The third-order valence-electron chi connectivity index (χ3n) is 4.28. The van der Waals surface area contributed by atoms with Gasteiger partial charge in [0.25, 0.3) is 0 Å². The van der Waals surface area contributed by atoms with Gasteiger partial charge in [-0.2, -0.15) is 0 Å². The Morgan fingerprint density at radius 1 is 0.893 bits per heavy atom. The number of methoxy groups -OCH3 is 2. The molecule has 0 fully saturated rings. The molecule has 2 aromatic rings. The average Bonchev–Trinajstić information content (AvgIpc) is 2.66. The van der Waals surface area contributed by atoms with Gasteiger partial charge in [0, 0.05) is 19.6 Å². The minimum atomic E-state index is -0.567. The van der Waals surface area contributed by atoms with Crippen molar-refractivity contribution >= 4 is 0 Å². The fourth-order valence-electron chi connectivity index (χ4n) is 2.96. The molecule has 5 heteroatoms. The summed E-state index contributed by atoms with van der Waals surface area (Å²) < 4.78 is 16.5. The van der Waals surface area contributed by atoms with E-state index in [2.05, 4.69) is 17.0 Å². The third-order valence-corrected chi connectivity index (χ3v) is 4.28. The van der Waals surface area contributed by atoms with Crippen LogP contribution in [0.4, 0.5) is 0 Å². The topological polar surface area (TPSA) is 51.2 Å². The summed E-state index contributed by atoms with van der Waals surface area (Å²) in [5, 5.41) is 10.5. The van der Waals surface area contributed by atoms with E-state index < -0.39 is 6.10 Å². The van der Waals surface area contributed by atoms with E-state index in [0.29, 0.717) is 31.2 Å². The molecular weight excluding hydrogens is 354 g/mol. The molecule has 0 aliphatic carbocycles. The highest BCUT2D eigenvalue weighted by atomic mass is 16.5. The van der Waals surface area contributed by atoms with Crippen LogP contribution in [0.3, 0.4) is 0 Å². The van der Waals surface area contributed by atoms with E-state index >= 15 is 0 Å². The molecular formula is C23H33NO4. The molecule has 2 rings (SSSR count). The van der Waals surface area contributed by atoms with Crippen LogP contribution in [-0.2, 0) is 17.8 Å². The van der Waals surface area contributed by atoms with Crippen LogP contribution in [0, 0.1) is 0 Å². The zero-order chi connectivity index (χ0) is 20.6. The van der Waals surface area contributed by atoms with Crippen LogP contribution in [0.5, 0.6) is 11.5 Å². The van der Waals surface area contributed by atoms with Gasteiger partial charge in [0.05, 0.1) is 32.5 Å². The predicted octanol–water partition coefficient (Wildman–Crippen LogP) is 3.88. The summed E-state index contributed by atoms with van der Waals surface area (Å²) in [4.78, 5) is 2.22. The van der Waals surface area contributed by atoms with Gasteiger partial charge < -0.3 is 19.3 Å². The molecule has 0 heterocycles. The van der Waals surface area contributed by atoms with Gasteiger partial charge in [0.2, 0.25) is 0 Å². The van der Waals surface area contributed by atoms with Gasteiger partial charge in [-0.1, -0.05) is 36.4 Å². The van der Waals surface area contributed by atoms with Crippen molar-refractivity contribution in [3.63, 3.8) is 0 Å². The average molecular weight is 388 g/mol. The SMILES string of the molecule is COc1ccc(CN(Cc2ccccc2)C[C@@H](O)COC(C)(C)C)cc1OC. The van der Waals surface area contributed by atoms with Crippen LogP contribution in [-0.4, -0.2) is 49.1 Å². The zero-order valence-corrected chi connectivity index (χ0v) is 17.6. The lowest BCUT2D eigenvalue weighted by Gasteiger charge is -2.27. The van der Waals surface area contributed by atoms with Crippen molar-refractivity contribution in [2.75, 3.05) is 27.4 Å². The summed E-state index contributed by atoms with van der Waals surface area (Å²) in [5.74, 6) is 1.41. The maximum Gasteiger partial charge on any atom is 0.161 e. The monoisotopic (exact) mass is 387 g/mol. The van der Waals surface area contributed by atoms with Crippen molar-refractivity contribution in [2.45, 2.75) is 45.6 Å². The van der Waals surface area contributed by atoms with Crippen molar-refractivity contribution in [3.05, 3.63) is 59.7 Å². The summed E-state index contributed by atoms with van der Waals surface area (Å²) in [6, 6.07) is 16.2. The van der Waals surface area contributed by atoms with E-state index in [9.17, 15) is 5.11 Å². The highest BCUT2D eigenvalue weighted by Gasteiger charge is 2.18. The predicted molar refractivity (Wildman–Crippen MR) is 112 cm³/mol. The normalized spacial score (nSPS) is 12.8. The van der Waals surface area contributed by atoms with Gasteiger partial charge >= 0.3 is 0 Å². The fraction of sp³-hybridized carbons (Fsp3) is 0.478. The number of ether oxygens (including phenoxy) is 3. The quantitative estimate of drug-likeness (QED) is 0.670. The van der Waals surface area contributed by atoms with E-state index in [1.54, 1.807) is 14.2 Å². The summed E-state index contributed by atoms with van der Waals surface area (Å²) in [6.45, 7) is 8.21. The molecule has 0 aliphatic rings. The maximum absolute atomic E-state index is 10.5. The van der Waals surface area contributed by atoms with Crippen LogP contribution in [0.25, 0.3) is 0 Å². The molecule has 0 aromatic heterocycles. The Kier molecular flexibility index (Phi) is 8.30. The molecule has 2 aromatic carbocycles. The number of hydrogen-bond donors (Lipinski definition) is 1. The van der Waals surface area contributed by atoms with E-state index in [0.717, 1.165) is 12.1 Å². The van der Waals surface area contributed by atoms with E-state index in [4.69, 9.17) is 14.2 Å². The summed E-state index contributed by atoms with van der Waals surface area (Å²) in [6.07, 6.45) is -0.567. The molecule has 0 amide bonds. The van der Waals surface area contributed by atoms with Gasteiger partial charge in [-0.05, 0) is 44.0 Å². The molecule has 0 radical (unpaired) electrons. The largest absolute Gasteiger partial charge is 0.493 e. The Bertz CT molecular complexity index is 712. The Morgan fingerprint density at radius 2 is 1.54 bits per heavy atom. The standard InChI is InChI=1S/C23H33NO4/c1-23(2,3)28-17-20(25)16-24(14-18-9-7-6-8-10-18)15-19-11-12-21(26-4)22(13-19)27-5/h6-13,20,25H,14-17H2,1-5H3/t20-/m1/s1. The van der Waals surface area contributed by atoms with Crippen LogP contribution in [0.2, 0.25) is 0 Å². The highest BCUT2D eigenvalue weighted by Crippen LogP contribution is 2.28. The van der Waals surface area contributed by atoms with Crippen molar-refractivity contribution in [2.24, 2.45) is 0 Å². The van der Waals surface area contributed by atoms with Crippen molar-refractivity contribution in [1.29, 1.82) is 0 Å². The zero-order valence-electron chi connectivity index (χ0n) is 17.6. The van der Waals surface area contributed by atoms with E-state index in [-0.39, 0.29) is 5.60 Å². The molecule has 154 valence electrons. The Hall–Kier alpha value is -2.08. The van der Waals surface area contributed by atoms with Crippen LogP contribution in [0.1, 0.15) is 31.9 Å². The summed E-state index contributed by atoms with van der Waals surface area (Å²) >= 11 is 0. The highest BCUT2D eigenvalue weighted by molar-refractivity contribution is 5.42. The van der Waals surface area contributed by atoms with Crippen molar-refractivity contribution < 1.29 is 19.3 Å². The molecule has 1 N–H and O–H groups in total. The molecule has 28 heavy (non-hydrogen) atoms. The van der Waals surface area contributed by atoms with E-state index in [1.807, 2.05) is 57.2 Å². The first-order valence-electron chi connectivity index (χ1n) is 9.60. The summed E-state index contributed by atoms with van der Waals surface area (Å²) in [7, 11) is 3.27. The minimum absolute atomic E-state index is 0.269. The molecule has 5 nitrogen and oxygen atoms in total. The molecule has 0 saturated carbocycles. The second-order valence-electron chi connectivity index (χ2n) is 7.92. The van der Waals surface area contributed by atoms with Crippen molar-refractivity contribution in [3.8, 4) is 11.5 Å². The van der Waals surface area contributed by atoms with Gasteiger partial charge in [-0.15, -0.1) is 0 Å². The maximum atomic E-state index is 10.5. The molecule has 0 aliphatic heterocycles. The lowest BCUT2D eigenvalue weighted by Crippen LogP contribution is -2.36. The van der Waals surface area contributed by atoms with Gasteiger partial charge in [-0.25, -0.2) is 0 Å². The number of nitrogens with zero attached hydrogens (tertiary/aromatic N) is 1. The second kappa shape index (κ2) is 10.5. The minimum Gasteiger partial charge on any atom is -0.493 e. The molecule has 0 saturated heterocycles. The Labute approximate surface area is 168 Å². The Balaban J connectivity index is 2.11. The number of hydrogen-bond acceptors (Lipinski definition) is 5. The first kappa shape index (κ1) is 22.2. The smallest absolute Gasteiger partial charge is 0.161 e. The molecule has 0 bridgehead atoms. The number of aliphatic hydroxyl groups excluding tert-OH is 1. The summed E-state index contributed by atoms with van der Waals surface area (Å²) in [5.41, 5.74) is 2.03. The third kappa shape index (κ3) is 7.50. The fourth-order valence-corrected chi connectivity index (χ4v) is 2.96. The van der Waals surface area contributed by atoms with Crippen molar-refractivity contribution in [1.82, 2.24) is 4.90 Å². The molecule has 1 atom stereocenters. The first-order chi connectivity index (χ1) is 13.3. The van der Waals surface area contributed by atoms with Gasteiger partial charge in [0.15, 0.2) is 11.5 Å². The van der Waals surface area contributed by atoms with Crippen LogP contribution >= 0.6 is 0 Å². The van der Waals surface area contributed by atoms with E-state index in [1.165, 1.54) is 5.56 Å². The number of aliphatic hydroxyl groups is 1. The lowest BCUT2D eigenvalue weighted by atomic mass is 10.1. The second-order valence-corrected chi connectivity index (χ2v) is 7.92. The lowest BCUT2D eigenvalue weighted by molar-refractivity contribution is -0.0572.